The number of nitrogens with zero attached hydrogens (tertiary/aromatic N) is 1. The molecule has 0 spiro atoms. The molecular formula is C12H23N3O4. The Balaban J connectivity index is 2.50. The molecule has 1 heterocycles. The van der Waals surface area contributed by atoms with Gasteiger partial charge in [0.2, 0.25) is 0 Å². The van der Waals surface area contributed by atoms with Crippen molar-refractivity contribution in [2.45, 2.75) is 45.4 Å². The second-order valence-corrected chi connectivity index (χ2v) is 5.56. The average Bonchev–Trinajstić information content (AvgIpc) is 2.58. The maximum Gasteiger partial charge on any atom is 0.410 e. The van der Waals surface area contributed by atoms with Gasteiger partial charge in [-0.2, -0.15) is 0 Å². The highest BCUT2D eigenvalue weighted by atomic mass is 16.6. The maximum atomic E-state index is 11.8. The van der Waals surface area contributed by atoms with Crippen molar-refractivity contribution < 1.29 is 19.4 Å². The van der Waals surface area contributed by atoms with E-state index in [0.29, 0.717) is 6.54 Å². The number of likely N-dealkylation sites (tertiary alicyclic amines) is 1. The Hall–Kier alpha value is -1.50. The standard InChI is InChI=1S/C12H23N3O4/c1-5-13-10(17)14-8-6-15(7-9(8)16)11(18)19-12(2,3)4/h8-9,16H,5-7H2,1-4H3,(H2,13,14,17). The maximum absolute atomic E-state index is 11.8. The quantitative estimate of drug-likeness (QED) is 0.674. The Labute approximate surface area is 113 Å². The van der Waals surface area contributed by atoms with Crippen LogP contribution in [0, 0.1) is 0 Å². The minimum absolute atomic E-state index is 0.159. The van der Waals surface area contributed by atoms with Crippen LogP contribution < -0.4 is 10.6 Å². The summed E-state index contributed by atoms with van der Waals surface area (Å²) in [7, 11) is 0. The zero-order valence-corrected chi connectivity index (χ0v) is 11.9. The number of aliphatic hydroxyl groups is 1. The number of carbonyl (C=O) groups excluding carboxylic acids is 2. The molecule has 0 saturated carbocycles. The molecule has 2 atom stereocenters. The van der Waals surface area contributed by atoms with Crippen LogP contribution in [-0.2, 0) is 4.74 Å². The van der Waals surface area contributed by atoms with Crippen molar-refractivity contribution in [3.63, 3.8) is 0 Å². The van der Waals surface area contributed by atoms with Gasteiger partial charge in [-0.05, 0) is 27.7 Å². The molecule has 1 fully saturated rings. The van der Waals surface area contributed by atoms with E-state index in [1.54, 1.807) is 27.7 Å². The van der Waals surface area contributed by atoms with E-state index in [-0.39, 0.29) is 19.1 Å². The third-order valence-corrected chi connectivity index (χ3v) is 2.59. The number of hydrogen-bond donors (Lipinski definition) is 3. The molecule has 3 amide bonds. The first-order valence-electron chi connectivity index (χ1n) is 6.43. The van der Waals surface area contributed by atoms with Gasteiger partial charge in [0.15, 0.2) is 0 Å². The number of hydrogen-bond acceptors (Lipinski definition) is 4. The molecule has 3 N–H and O–H groups in total. The van der Waals surface area contributed by atoms with Gasteiger partial charge in [0.1, 0.15) is 5.60 Å². The van der Waals surface area contributed by atoms with Gasteiger partial charge in [0, 0.05) is 13.1 Å². The first-order chi connectivity index (χ1) is 8.73. The lowest BCUT2D eigenvalue weighted by Crippen LogP contribution is -2.47. The summed E-state index contributed by atoms with van der Waals surface area (Å²) in [6, 6.07) is -0.823. The number of carbonyl (C=O) groups is 2. The molecule has 19 heavy (non-hydrogen) atoms. The monoisotopic (exact) mass is 273 g/mol. The number of aliphatic hydroxyl groups excluding tert-OH is 1. The van der Waals surface area contributed by atoms with E-state index in [1.165, 1.54) is 4.90 Å². The molecule has 1 rings (SSSR count). The number of rotatable bonds is 2. The predicted molar refractivity (Wildman–Crippen MR) is 69.8 cm³/mol. The van der Waals surface area contributed by atoms with Gasteiger partial charge in [0.05, 0.1) is 18.7 Å². The molecule has 0 aromatic rings. The molecule has 110 valence electrons. The van der Waals surface area contributed by atoms with Crippen LogP contribution in [0.3, 0.4) is 0 Å². The molecule has 0 aromatic heterocycles. The summed E-state index contributed by atoms with van der Waals surface area (Å²) in [5, 5.41) is 15.0. The minimum Gasteiger partial charge on any atom is -0.444 e. The first-order valence-corrected chi connectivity index (χ1v) is 6.43. The van der Waals surface area contributed by atoms with Gasteiger partial charge < -0.3 is 25.4 Å². The van der Waals surface area contributed by atoms with Crippen molar-refractivity contribution in [3.8, 4) is 0 Å². The summed E-state index contributed by atoms with van der Waals surface area (Å²) in [5.41, 5.74) is -0.576. The van der Waals surface area contributed by atoms with Gasteiger partial charge >= 0.3 is 12.1 Å². The lowest BCUT2D eigenvalue weighted by atomic mass is 10.2. The van der Waals surface area contributed by atoms with E-state index in [4.69, 9.17) is 4.74 Å². The van der Waals surface area contributed by atoms with E-state index in [9.17, 15) is 14.7 Å². The SMILES string of the molecule is CCNC(=O)NC1CN(C(=O)OC(C)(C)C)CC1O. The smallest absolute Gasteiger partial charge is 0.410 e. The zero-order chi connectivity index (χ0) is 14.6. The van der Waals surface area contributed by atoms with Crippen LogP contribution in [-0.4, -0.2) is 59.5 Å². The summed E-state index contributed by atoms with van der Waals surface area (Å²) in [6.45, 7) is 8.05. The topological polar surface area (TPSA) is 90.9 Å². The van der Waals surface area contributed by atoms with Crippen molar-refractivity contribution in [2.75, 3.05) is 19.6 Å². The highest BCUT2D eigenvalue weighted by Gasteiger charge is 2.36. The molecule has 1 saturated heterocycles. The van der Waals surface area contributed by atoms with E-state index in [0.717, 1.165) is 0 Å². The summed E-state index contributed by atoms with van der Waals surface area (Å²) >= 11 is 0. The number of ether oxygens (including phenoxy) is 1. The van der Waals surface area contributed by atoms with E-state index < -0.39 is 23.8 Å². The highest BCUT2D eigenvalue weighted by molar-refractivity contribution is 5.74. The molecule has 1 aliphatic rings. The fourth-order valence-corrected chi connectivity index (χ4v) is 1.78. The molecule has 0 aliphatic carbocycles. The summed E-state index contributed by atoms with van der Waals surface area (Å²) in [6.07, 6.45) is -1.26. The Morgan fingerprint density at radius 1 is 1.37 bits per heavy atom. The van der Waals surface area contributed by atoms with Gasteiger partial charge in [-0.25, -0.2) is 9.59 Å². The number of nitrogens with one attached hydrogen (secondary N) is 2. The van der Waals surface area contributed by atoms with E-state index >= 15 is 0 Å². The normalized spacial score (nSPS) is 23.1. The fourth-order valence-electron chi connectivity index (χ4n) is 1.78. The Morgan fingerprint density at radius 2 is 2.00 bits per heavy atom. The molecule has 7 heteroatoms. The van der Waals surface area contributed by atoms with Gasteiger partial charge in [0.25, 0.3) is 0 Å². The Morgan fingerprint density at radius 3 is 2.53 bits per heavy atom. The predicted octanol–water partition coefficient (Wildman–Crippen LogP) is 0.286. The van der Waals surface area contributed by atoms with Crippen LogP contribution in [0.1, 0.15) is 27.7 Å². The lowest BCUT2D eigenvalue weighted by Gasteiger charge is -2.24. The van der Waals surface area contributed by atoms with Gasteiger partial charge in [-0.1, -0.05) is 0 Å². The highest BCUT2D eigenvalue weighted by Crippen LogP contribution is 2.15. The minimum atomic E-state index is -0.782. The van der Waals surface area contributed by atoms with Gasteiger partial charge in [-0.3, -0.25) is 0 Å². The summed E-state index contributed by atoms with van der Waals surface area (Å²) in [4.78, 5) is 24.6. The molecule has 0 aromatic carbocycles. The number of amides is 3. The van der Waals surface area contributed by atoms with Crippen LogP contribution in [0.15, 0.2) is 0 Å². The largest absolute Gasteiger partial charge is 0.444 e. The third-order valence-electron chi connectivity index (χ3n) is 2.59. The van der Waals surface area contributed by atoms with Crippen LogP contribution in [0.4, 0.5) is 9.59 Å². The van der Waals surface area contributed by atoms with Gasteiger partial charge in [-0.15, -0.1) is 0 Å². The Kier molecular flexibility index (Phi) is 4.99. The summed E-state index contributed by atoms with van der Waals surface area (Å²) in [5.74, 6) is 0. The molecule has 2 unspecified atom stereocenters. The summed E-state index contributed by atoms with van der Waals surface area (Å²) < 4.78 is 5.22. The number of urea groups is 1. The van der Waals surface area contributed by atoms with Crippen molar-refractivity contribution in [1.29, 1.82) is 0 Å². The molecule has 1 aliphatic heterocycles. The second-order valence-electron chi connectivity index (χ2n) is 5.56. The van der Waals surface area contributed by atoms with Crippen molar-refractivity contribution >= 4 is 12.1 Å². The molecule has 7 nitrogen and oxygen atoms in total. The number of β-amino-alcohol motifs (C(OH)–C–C–N with tert-alkyl or cyclic N) is 1. The zero-order valence-electron chi connectivity index (χ0n) is 11.9. The molecular weight excluding hydrogens is 250 g/mol. The van der Waals surface area contributed by atoms with E-state index in [1.807, 2.05) is 0 Å². The Bertz CT molecular complexity index is 340. The molecule has 0 bridgehead atoms. The second kappa shape index (κ2) is 6.10. The average molecular weight is 273 g/mol. The van der Waals surface area contributed by atoms with Crippen LogP contribution in [0.5, 0.6) is 0 Å². The van der Waals surface area contributed by atoms with Crippen molar-refractivity contribution in [3.05, 3.63) is 0 Å². The fraction of sp³-hybridized carbons (Fsp3) is 0.833. The van der Waals surface area contributed by atoms with Crippen LogP contribution in [0.2, 0.25) is 0 Å². The third kappa shape index (κ3) is 4.94. The van der Waals surface area contributed by atoms with E-state index in [2.05, 4.69) is 10.6 Å². The van der Waals surface area contributed by atoms with Crippen LogP contribution >= 0.6 is 0 Å². The lowest BCUT2D eigenvalue weighted by molar-refractivity contribution is 0.0270. The van der Waals surface area contributed by atoms with Crippen molar-refractivity contribution in [1.82, 2.24) is 15.5 Å². The molecule has 0 radical (unpaired) electrons. The van der Waals surface area contributed by atoms with Crippen molar-refractivity contribution in [2.24, 2.45) is 0 Å². The van der Waals surface area contributed by atoms with Crippen LogP contribution in [0.25, 0.3) is 0 Å². The first kappa shape index (κ1) is 15.6.